The second-order valence-electron chi connectivity index (χ2n) is 4.02. The number of aromatic nitrogens is 2. The summed E-state index contributed by atoms with van der Waals surface area (Å²) in [5.41, 5.74) is 1.43. The SMILES string of the molecule is C=CCNc1cc(C)nc(Nc2cccc(F)c2)n1. The van der Waals surface area contributed by atoms with E-state index in [9.17, 15) is 4.39 Å². The van der Waals surface area contributed by atoms with Gasteiger partial charge in [-0.15, -0.1) is 6.58 Å². The van der Waals surface area contributed by atoms with Crippen LogP contribution >= 0.6 is 0 Å². The van der Waals surface area contributed by atoms with E-state index in [-0.39, 0.29) is 5.82 Å². The van der Waals surface area contributed by atoms with Gasteiger partial charge in [0.15, 0.2) is 0 Å². The number of rotatable bonds is 5. The van der Waals surface area contributed by atoms with E-state index in [0.29, 0.717) is 24.0 Å². The van der Waals surface area contributed by atoms with Gasteiger partial charge in [-0.3, -0.25) is 0 Å². The molecule has 0 unspecified atom stereocenters. The van der Waals surface area contributed by atoms with E-state index >= 15 is 0 Å². The number of nitrogens with zero attached hydrogens (tertiary/aromatic N) is 2. The summed E-state index contributed by atoms with van der Waals surface area (Å²) < 4.78 is 13.1. The van der Waals surface area contributed by atoms with Crippen LogP contribution in [0.2, 0.25) is 0 Å². The summed E-state index contributed by atoms with van der Waals surface area (Å²) >= 11 is 0. The maximum absolute atomic E-state index is 13.1. The van der Waals surface area contributed by atoms with E-state index in [1.54, 1.807) is 18.2 Å². The third-order valence-electron chi connectivity index (χ3n) is 2.36. The van der Waals surface area contributed by atoms with Gasteiger partial charge in [0.2, 0.25) is 5.95 Å². The fourth-order valence-electron chi connectivity index (χ4n) is 1.59. The van der Waals surface area contributed by atoms with Crippen molar-refractivity contribution in [3.63, 3.8) is 0 Å². The normalized spacial score (nSPS) is 10.0. The molecule has 2 N–H and O–H groups in total. The molecule has 0 amide bonds. The van der Waals surface area contributed by atoms with Crippen LogP contribution in [0.15, 0.2) is 43.0 Å². The van der Waals surface area contributed by atoms with Crippen molar-refractivity contribution in [2.24, 2.45) is 0 Å². The van der Waals surface area contributed by atoms with E-state index in [0.717, 1.165) is 5.69 Å². The monoisotopic (exact) mass is 258 g/mol. The Bertz CT molecular complexity index is 583. The minimum absolute atomic E-state index is 0.303. The zero-order valence-electron chi connectivity index (χ0n) is 10.7. The van der Waals surface area contributed by atoms with Crippen molar-refractivity contribution in [1.82, 2.24) is 9.97 Å². The number of aryl methyl sites for hydroxylation is 1. The van der Waals surface area contributed by atoms with Crippen LogP contribution in [0.1, 0.15) is 5.69 Å². The van der Waals surface area contributed by atoms with Crippen molar-refractivity contribution in [2.45, 2.75) is 6.92 Å². The Labute approximate surface area is 111 Å². The summed E-state index contributed by atoms with van der Waals surface area (Å²) in [6.45, 7) is 6.13. The molecule has 0 aliphatic rings. The highest BCUT2D eigenvalue weighted by Crippen LogP contribution is 2.16. The van der Waals surface area contributed by atoms with Crippen LogP contribution in [0.4, 0.5) is 21.8 Å². The highest BCUT2D eigenvalue weighted by atomic mass is 19.1. The Morgan fingerprint density at radius 3 is 2.89 bits per heavy atom. The van der Waals surface area contributed by atoms with E-state index < -0.39 is 0 Å². The Morgan fingerprint density at radius 1 is 1.32 bits per heavy atom. The molecule has 0 radical (unpaired) electrons. The number of halogens is 1. The molecule has 0 aliphatic carbocycles. The third-order valence-corrected chi connectivity index (χ3v) is 2.36. The lowest BCUT2D eigenvalue weighted by molar-refractivity contribution is 0.628. The molecule has 1 aromatic carbocycles. The van der Waals surface area contributed by atoms with Crippen molar-refractivity contribution >= 4 is 17.5 Å². The van der Waals surface area contributed by atoms with Crippen molar-refractivity contribution in [1.29, 1.82) is 0 Å². The van der Waals surface area contributed by atoms with Gasteiger partial charge in [0.05, 0.1) is 0 Å². The first-order valence-corrected chi connectivity index (χ1v) is 5.90. The van der Waals surface area contributed by atoms with Crippen LogP contribution in [-0.4, -0.2) is 16.5 Å². The molecule has 98 valence electrons. The molecule has 0 saturated carbocycles. The molecule has 2 aromatic rings. The number of nitrogens with one attached hydrogen (secondary N) is 2. The molecular formula is C14H15FN4. The molecule has 5 heteroatoms. The Hall–Kier alpha value is -2.43. The van der Waals surface area contributed by atoms with Gasteiger partial charge in [-0.2, -0.15) is 4.98 Å². The predicted octanol–water partition coefficient (Wildman–Crippen LogP) is 3.27. The maximum Gasteiger partial charge on any atom is 0.229 e. The molecule has 0 spiro atoms. The van der Waals surface area contributed by atoms with Crippen LogP contribution in [0.25, 0.3) is 0 Å². The topological polar surface area (TPSA) is 49.8 Å². The average Bonchev–Trinajstić information content (AvgIpc) is 2.35. The van der Waals surface area contributed by atoms with Crippen LogP contribution in [0, 0.1) is 12.7 Å². The van der Waals surface area contributed by atoms with E-state index in [1.165, 1.54) is 12.1 Å². The molecule has 0 fully saturated rings. The zero-order chi connectivity index (χ0) is 13.7. The average molecular weight is 258 g/mol. The van der Waals surface area contributed by atoms with E-state index in [1.807, 2.05) is 13.0 Å². The Balaban J connectivity index is 2.19. The van der Waals surface area contributed by atoms with Gasteiger partial charge < -0.3 is 10.6 Å². The van der Waals surface area contributed by atoms with Gasteiger partial charge >= 0.3 is 0 Å². The molecular weight excluding hydrogens is 243 g/mol. The minimum atomic E-state index is -0.303. The lowest BCUT2D eigenvalue weighted by Crippen LogP contribution is -2.05. The Kier molecular flexibility index (Phi) is 4.07. The van der Waals surface area contributed by atoms with Gasteiger partial charge in [-0.25, -0.2) is 9.37 Å². The number of benzene rings is 1. The summed E-state index contributed by atoms with van der Waals surface area (Å²) in [5, 5.41) is 6.06. The van der Waals surface area contributed by atoms with Crippen molar-refractivity contribution in [3.05, 3.63) is 54.5 Å². The number of hydrogen-bond acceptors (Lipinski definition) is 4. The van der Waals surface area contributed by atoms with Crippen molar-refractivity contribution in [3.8, 4) is 0 Å². The summed E-state index contributed by atoms with van der Waals surface area (Å²) in [7, 11) is 0. The summed E-state index contributed by atoms with van der Waals surface area (Å²) in [4.78, 5) is 8.55. The number of hydrogen-bond donors (Lipinski definition) is 2. The molecule has 0 aliphatic heterocycles. The van der Waals surface area contributed by atoms with Gasteiger partial charge in [0.25, 0.3) is 0 Å². The fraction of sp³-hybridized carbons (Fsp3) is 0.143. The standard InChI is InChI=1S/C14H15FN4/c1-3-7-16-13-8-10(2)17-14(19-13)18-12-6-4-5-11(15)9-12/h3-6,8-9H,1,7H2,2H3,(H2,16,17,18,19). The smallest absolute Gasteiger partial charge is 0.229 e. The quantitative estimate of drug-likeness (QED) is 0.808. The van der Waals surface area contributed by atoms with Crippen LogP contribution in [-0.2, 0) is 0 Å². The highest BCUT2D eigenvalue weighted by molar-refractivity contribution is 5.55. The molecule has 1 aromatic heterocycles. The van der Waals surface area contributed by atoms with Crippen molar-refractivity contribution in [2.75, 3.05) is 17.2 Å². The van der Waals surface area contributed by atoms with Gasteiger partial charge in [-0.05, 0) is 25.1 Å². The molecule has 19 heavy (non-hydrogen) atoms. The van der Waals surface area contributed by atoms with Crippen LogP contribution < -0.4 is 10.6 Å². The summed E-state index contributed by atoms with van der Waals surface area (Å²) in [6.07, 6.45) is 1.75. The van der Waals surface area contributed by atoms with E-state index in [2.05, 4.69) is 27.2 Å². The molecule has 2 rings (SSSR count). The second kappa shape index (κ2) is 5.95. The Morgan fingerprint density at radius 2 is 2.16 bits per heavy atom. The minimum Gasteiger partial charge on any atom is -0.366 e. The molecule has 0 bridgehead atoms. The largest absolute Gasteiger partial charge is 0.366 e. The first kappa shape index (κ1) is 13.0. The van der Waals surface area contributed by atoms with Crippen LogP contribution in [0.3, 0.4) is 0 Å². The number of anilines is 3. The first-order chi connectivity index (χ1) is 9.17. The van der Waals surface area contributed by atoms with Crippen molar-refractivity contribution < 1.29 is 4.39 Å². The highest BCUT2D eigenvalue weighted by Gasteiger charge is 2.03. The molecule has 0 saturated heterocycles. The predicted molar refractivity (Wildman–Crippen MR) is 75.1 cm³/mol. The lowest BCUT2D eigenvalue weighted by atomic mass is 10.3. The van der Waals surface area contributed by atoms with E-state index in [4.69, 9.17) is 0 Å². The lowest BCUT2D eigenvalue weighted by Gasteiger charge is -2.08. The molecule has 4 nitrogen and oxygen atoms in total. The second-order valence-corrected chi connectivity index (χ2v) is 4.02. The maximum atomic E-state index is 13.1. The van der Waals surface area contributed by atoms with Gasteiger partial charge in [0, 0.05) is 24.0 Å². The fourth-order valence-corrected chi connectivity index (χ4v) is 1.59. The van der Waals surface area contributed by atoms with Gasteiger partial charge in [-0.1, -0.05) is 12.1 Å². The van der Waals surface area contributed by atoms with Gasteiger partial charge in [0.1, 0.15) is 11.6 Å². The summed E-state index contributed by atoms with van der Waals surface area (Å²) in [6, 6.07) is 8.00. The third kappa shape index (κ3) is 3.77. The van der Waals surface area contributed by atoms with Crippen LogP contribution in [0.5, 0.6) is 0 Å². The first-order valence-electron chi connectivity index (χ1n) is 5.90. The molecule has 0 atom stereocenters. The summed E-state index contributed by atoms with van der Waals surface area (Å²) in [5.74, 6) is 0.825. The zero-order valence-corrected chi connectivity index (χ0v) is 10.7. The molecule has 1 heterocycles.